The number of aromatic carboxylic acids is 1. The number of hydrogen-bond acceptors (Lipinski definition) is 5. The van der Waals surface area contributed by atoms with Crippen molar-refractivity contribution in [1.29, 1.82) is 0 Å². The van der Waals surface area contributed by atoms with Gasteiger partial charge in [-0.3, -0.25) is 9.78 Å². The first-order valence-corrected chi connectivity index (χ1v) is 6.70. The molecule has 7 heteroatoms. The second-order valence-corrected chi connectivity index (χ2v) is 5.79. The zero-order valence-corrected chi connectivity index (χ0v) is 12.6. The molecule has 0 saturated heterocycles. The van der Waals surface area contributed by atoms with Gasteiger partial charge in [-0.15, -0.1) is 0 Å². The van der Waals surface area contributed by atoms with Crippen LogP contribution in [0.5, 0.6) is 0 Å². The van der Waals surface area contributed by atoms with E-state index in [1.165, 1.54) is 18.3 Å². The highest BCUT2D eigenvalue weighted by Gasteiger charge is 2.19. The Kier molecular flexibility index (Phi) is 4.25. The van der Waals surface area contributed by atoms with Gasteiger partial charge >= 0.3 is 5.97 Å². The van der Waals surface area contributed by atoms with E-state index in [4.69, 9.17) is 9.52 Å². The van der Waals surface area contributed by atoms with Crippen LogP contribution in [0.15, 0.2) is 28.9 Å². The smallest absolute Gasteiger partial charge is 0.335 e. The lowest BCUT2D eigenvalue weighted by molar-refractivity contribution is 0.0696. The van der Waals surface area contributed by atoms with Crippen molar-refractivity contribution in [2.45, 2.75) is 32.7 Å². The summed E-state index contributed by atoms with van der Waals surface area (Å²) in [5.74, 6) is -0.493. The van der Waals surface area contributed by atoms with Gasteiger partial charge in [0.05, 0.1) is 18.3 Å². The molecule has 0 atom stereocenters. The lowest BCUT2D eigenvalue weighted by Crippen LogP contribution is -2.24. The first-order chi connectivity index (χ1) is 10.3. The Hall–Kier alpha value is -2.70. The predicted octanol–water partition coefficient (Wildman–Crippen LogP) is 2.00. The third-order valence-electron chi connectivity index (χ3n) is 2.93. The van der Waals surface area contributed by atoms with Crippen molar-refractivity contribution in [3.63, 3.8) is 0 Å². The maximum atomic E-state index is 12.0. The highest BCUT2D eigenvalue weighted by atomic mass is 16.4. The SMILES string of the molecule is CC(C)(C)c1cnc(CNC(=O)c2cc(C(=O)O)ccn2)o1. The van der Waals surface area contributed by atoms with Crippen LogP contribution in [0.2, 0.25) is 0 Å². The second kappa shape index (κ2) is 5.97. The summed E-state index contributed by atoms with van der Waals surface area (Å²) in [5, 5.41) is 11.5. The highest BCUT2D eigenvalue weighted by Crippen LogP contribution is 2.22. The summed E-state index contributed by atoms with van der Waals surface area (Å²) < 4.78 is 5.56. The highest BCUT2D eigenvalue weighted by molar-refractivity contribution is 5.95. The fraction of sp³-hybridized carbons (Fsp3) is 0.333. The number of hydrogen-bond donors (Lipinski definition) is 2. The molecular weight excluding hydrogens is 286 g/mol. The van der Waals surface area contributed by atoms with Crippen molar-refractivity contribution in [2.24, 2.45) is 0 Å². The van der Waals surface area contributed by atoms with Crippen molar-refractivity contribution in [2.75, 3.05) is 0 Å². The van der Waals surface area contributed by atoms with Crippen LogP contribution in [-0.2, 0) is 12.0 Å². The summed E-state index contributed by atoms with van der Waals surface area (Å²) in [7, 11) is 0. The summed E-state index contributed by atoms with van der Waals surface area (Å²) in [6, 6.07) is 2.54. The molecule has 0 aliphatic heterocycles. The first-order valence-electron chi connectivity index (χ1n) is 6.70. The largest absolute Gasteiger partial charge is 0.478 e. The summed E-state index contributed by atoms with van der Waals surface area (Å²) in [6.45, 7) is 6.10. The van der Waals surface area contributed by atoms with Gasteiger partial charge in [-0.1, -0.05) is 20.8 Å². The second-order valence-electron chi connectivity index (χ2n) is 5.79. The van der Waals surface area contributed by atoms with Crippen molar-refractivity contribution >= 4 is 11.9 Å². The van der Waals surface area contributed by atoms with E-state index in [0.717, 1.165) is 5.76 Å². The maximum absolute atomic E-state index is 12.0. The topological polar surface area (TPSA) is 105 Å². The molecule has 1 amide bonds. The van der Waals surface area contributed by atoms with Gasteiger partial charge < -0.3 is 14.8 Å². The number of carboxylic acids is 1. The first kappa shape index (κ1) is 15.7. The molecule has 2 aromatic heterocycles. The van der Waals surface area contributed by atoms with Crippen LogP contribution in [0.4, 0.5) is 0 Å². The lowest BCUT2D eigenvalue weighted by Gasteiger charge is -2.13. The molecular formula is C15H17N3O4. The van der Waals surface area contributed by atoms with Crippen LogP contribution in [0.3, 0.4) is 0 Å². The van der Waals surface area contributed by atoms with E-state index in [1.54, 1.807) is 6.20 Å². The molecule has 2 N–H and O–H groups in total. The summed E-state index contributed by atoms with van der Waals surface area (Å²) in [4.78, 5) is 30.8. The molecule has 0 bridgehead atoms. The van der Waals surface area contributed by atoms with Crippen LogP contribution < -0.4 is 5.32 Å². The van der Waals surface area contributed by atoms with Crippen LogP contribution in [0.25, 0.3) is 0 Å². The van der Waals surface area contributed by atoms with E-state index in [2.05, 4.69) is 15.3 Å². The normalized spacial score (nSPS) is 11.2. The summed E-state index contributed by atoms with van der Waals surface area (Å²) >= 11 is 0. The van der Waals surface area contributed by atoms with Gasteiger partial charge in [0.25, 0.3) is 5.91 Å². The van der Waals surface area contributed by atoms with Gasteiger partial charge in [-0.2, -0.15) is 0 Å². The molecule has 0 aliphatic rings. The van der Waals surface area contributed by atoms with Gasteiger partial charge in [-0.25, -0.2) is 9.78 Å². The minimum atomic E-state index is -1.11. The maximum Gasteiger partial charge on any atom is 0.335 e. The Morgan fingerprint density at radius 1 is 1.32 bits per heavy atom. The summed E-state index contributed by atoms with van der Waals surface area (Å²) in [6.07, 6.45) is 2.91. The van der Waals surface area contributed by atoms with Gasteiger partial charge in [0.2, 0.25) is 5.89 Å². The number of nitrogens with zero attached hydrogens (tertiary/aromatic N) is 2. The number of pyridine rings is 1. The fourth-order valence-corrected chi connectivity index (χ4v) is 1.67. The molecule has 0 saturated carbocycles. The number of oxazole rings is 1. The Morgan fingerprint density at radius 3 is 2.64 bits per heavy atom. The molecule has 22 heavy (non-hydrogen) atoms. The molecule has 0 aromatic carbocycles. The van der Waals surface area contributed by atoms with E-state index < -0.39 is 11.9 Å². The number of amides is 1. The molecule has 0 aliphatic carbocycles. The Morgan fingerprint density at radius 2 is 2.05 bits per heavy atom. The van der Waals surface area contributed by atoms with Gasteiger partial charge in [0, 0.05) is 11.6 Å². The zero-order chi connectivity index (χ0) is 16.3. The summed E-state index contributed by atoms with van der Waals surface area (Å²) in [5.41, 5.74) is -0.124. The van der Waals surface area contributed by atoms with Crippen LogP contribution in [0, 0.1) is 0 Å². The van der Waals surface area contributed by atoms with Crippen LogP contribution in [0.1, 0.15) is 53.3 Å². The number of nitrogens with one attached hydrogen (secondary N) is 1. The lowest BCUT2D eigenvalue weighted by atomic mass is 9.94. The third-order valence-corrected chi connectivity index (χ3v) is 2.93. The number of carbonyl (C=O) groups is 2. The average Bonchev–Trinajstić information content (AvgIpc) is 2.94. The fourth-order valence-electron chi connectivity index (χ4n) is 1.67. The molecule has 0 spiro atoms. The Labute approximate surface area is 127 Å². The minimum Gasteiger partial charge on any atom is -0.478 e. The van der Waals surface area contributed by atoms with Gasteiger partial charge in [0.15, 0.2) is 0 Å². The minimum absolute atomic E-state index is 0.00583. The van der Waals surface area contributed by atoms with Crippen LogP contribution in [-0.4, -0.2) is 27.0 Å². The van der Waals surface area contributed by atoms with Crippen molar-refractivity contribution in [1.82, 2.24) is 15.3 Å². The van der Waals surface area contributed by atoms with E-state index in [1.807, 2.05) is 20.8 Å². The van der Waals surface area contributed by atoms with Crippen molar-refractivity contribution < 1.29 is 19.1 Å². The Bertz CT molecular complexity index is 701. The number of rotatable bonds is 4. The Balaban J connectivity index is 2.02. The quantitative estimate of drug-likeness (QED) is 0.895. The van der Waals surface area contributed by atoms with E-state index >= 15 is 0 Å². The standard InChI is InChI=1S/C15H17N3O4/c1-15(2,3)11-7-17-12(22-11)8-18-13(19)10-6-9(14(20)21)4-5-16-10/h4-7H,8H2,1-3H3,(H,18,19)(H,20,21). The van der Waals surface area contributed by atoms with Gasteiger partial charge in [0.1, 0.15) is 11.5 Å². The van der Waals surface area contributed by atoms with Crippen molar-refractivity contribution in [3.05, 3.63) is 47.4 Å². The molecule has 116 valence electrons. The number of carbonyl (C=O) groups excluding carboxylic acids is 1. The molecule has 7 nitrogen and oxygen atoms in total. The van der Waals surface area contributed by atoms with Crippen LogP contribution >= 0.6 is 0 Å². The molecule has 2 aromatic rings. The van der Waals surface area contributed by atoms with Crippen molar-refractivity contribution in [3.8, 4) is 0 Å². The molecule has 0 radical (unpaired) electrons. The molecule has 2 heterocycles. The third kappa shape index (κ3) is 3.69. The molecule has 0 unspecified atom stereocenters. The number of carboxylic acid groups (broad SMARTS) is 1. The van der Waals surface area contributed by atoms with E-state index in [-0.39, 0.29) is 23.2 Å². The van der Waals surface area contributed by atoms with E-state index in [9.17, 15) is 9.59 Å². The van der Waals surface area contributed by atoms with E-state index in [0.29, 0.717) is 5.89 Å². The number of aromatic nitrogens is 2. The molecule has 0 fully saturated rings. The molecule has 2 rings (SSSR count). The predicted molar refractivity (Wildman–Crippen MR) is 77.6 cm³/mol. The van der Waals surface area contributed by atoms with Gasteiger partial charge in [-0.05, 0) is 12.1 Å². The average molecular weight is 303 g/mol. The monoisotopic (exact) mass is 303 g/mol. The zero-order valence-electron chi connectivity index (χ0n) is 12.6.